The minimum Gasteiger partial charge on any atom is -0.391 e. The zero-order valence-electron chi connectivity index (χ0n) is 9.44. The Bertz CT molecular complexity index is 420. The molecule has 1 fully saturated rings. The summed E-state index contributed by atoms with van der Waals surface area (Å²) in [6.07, 6.45) is 2.15. The Labute approximate surface area is 108 Å². The van der Waals surface area contributed by atoms with Gasteiger partial charge in [-0.2, -0.15) is 0 Å². The maximum atomic E-state index is 11.6. The maximum absolute atomic E-state index is 11.6. The van der Waals surface area contributed by atoms with Gasteiger partial charge >= 0.3 is 0 Å². The van der Waals surface area contributed by atoms with Crippen LogP contribution in [-0.4, -0.2) is 35.6 Å². The molecule has 1 amide bonds. The SMILES string of the molecule is CN(CC(=O)NC1CC1)c1nc(Cl)c(CO)s1. The number of rotatable bonds is 5. The molecule has 1 aliphatic rings. The first kappa shape index (κ1) is 12.6. The second-order valence-corrected chi connectivity index (χ2v) is 5.49. The van der Waals surface area contributed by atoms with Crippen molar-refractivity contribution in [2.45, 2.75) is 25.5 Å². The van der Waals surface area contributed by atoms with Crippen LogP contribution in [0.2, 0.25) is 5.15 Å². The molecule has 0 bridgehead atoms. The van der Waals surface area contributed by atoms with Crippen LogP contribution in [0.5, 0.6) is 0 Å². The molecule has 1 aromatic rings. The number of nitrogens with one attached hydrogen (secondary N) is 1. The van der Waals surface area contributed by atoms with Crippen molar-refractivity contribution in [3.8, 4) is 0 Å². The Kier molecular flexibility index (Phi) is 3.86. The molecule has 0 aromatic carbocycles. The van der Waals surface area contributed by atoms with Crippen molar-refractivity contribution in [1.82, 2.24) is 10.3 Å². The third-order valence-corrected chi connectivity index (χ3v) is 4.01. The van der Waals surface area contributed by atoms with E-state index in [9.17, 15) is 4.79 Å². The van der Waals surface area contributed by atoms with Crippen molar-refractivity contribution in [1.29, 1.82) is 0 Å². The van der Waals surface area contributed by atoms with Crippen LogP contribution in [0.4, 0.5) is 5.13 Å². The van der Waals surface area contributed by atoms with Crippen LogP contribution in [0.15, 0.2) is 0 Å². The topological polar surface area (TPSA) is 65.5 Å². The number of aromatic nitrogens is 1. The quantitative estimate of drug-likeness (QED) is 0.842. The summed E-state index contributed by atoms with van der Waals surface area (Å²) < 4.78 is 0. The largest absolute Gasteiger partial charge is 0.391 e. The van der Waals surface area contributed by atoms with Gasteiger partial charge in [0.25, 0.3) is 0 Å². The first-order chi connectivity index (χ1) is 8.10. The summed E-state index contributed by atoms with van der Waals surface area (Å²) in [7, 11) is 1.78. The van der Waals surface area contributed by atoms with Crippen LogP contribution in [0.1, 0.15) is 17.7 Å². The lowest BCUT2D eigenvalue weighted by Gasteiger charge is -2.14. The fraction of sp³-hybridized carbons (Fsp3) is 0.600. The highest BCUT2D eigenvalue weighted by atomic mass is 35.5. The number of anilines is 1. The standard InChI is InChI=1S/C10H14ClN3O2S/c1-14(4-8(16)12-6-2-3-6)10-13-9(11)7(5-15)17-10/h6,15H,2-5H2,1H3,(H,12,16). The molecule has 17 heavy (non-hydrogen) atoms. The van der Waals surface area contributed by atoms with Crippen LogP contribution in [-0.2, 0) is 11.4 Å². The van der Waals surface area contributed by atoms with E-state index in [0.29, 0.717) is 21.2 Å². The van der Waals surface area contributed by atoms with Crippen LogP contribution in [0.25, 0.3) is 0 Å². The average molecular weight is 276 g/mol. The molecule has 5 nitrogen and oxygen atoms in total. The van der Waals surface area contributed by atoms with Gasteiger partial charge in [-0.15, -0.1) is 0 Å². The molecule has 1 saturated carbocycles. The normalized spacial score (nSPS) is 14.8. The molecule has 0 saturated heterocycles. The highest BCUT2D eigenvalue weighted by Gasteiger charge is 2.24. The van der Waals surface area contributed by atoms with E-state index < -0.39 is 0 Å². The van der Waals surface area contributed by atoms with Gasteiger partial charge in [0.15, 0.2) is 5.13 Å². The summed E-state index contributed by atoms with van der Waals surface area (Å²) in [5.74, 6) is -0.00753. The molecule has 0 aliphatic heterocycles. The van der Waals surface area contributed by atoms with Gasteiger partial charge in [0, 0.05) is 13.1 Å². The molecular weight excluding hydrogens is 262 g/mol. The molecule has 0 radical (unpaired) electrons. The van der Waals surface area contributed by atoms with Crippen molar-refractivity contribution in [2.24, 2.45) is 0 Å². The van der Waals surface area contributed by atoms with Crippen molar-refractivity contribution < 1.29 is 9.90 Å². The number of hydrogen-bond acceptors (Lipinski definition) is 5. The van der Waals surface area contributed by atoms with Crippen LogP contribution < -0.4 is 10.2 Å². The van der Waals surface area contributed by atoms with E-state index in [-0.39, 0.29) is 19.1 Å². The smallest absolute Gasteiger partial charge is 0.239 e. The Morgan fingerprint density at radius 1 is 1.71 bits per heavy atom. The van der Waals surface area contributed by atoms with E-state index in [1.54, 1.807) is 11.9 Å². The number of aliphatic hydroxyl groups is 1. The van der Waals surface area contributed by atoms with Crippen molar-refractivity contribution in [3.05, 3.63) is 10.0 Å². The Balaban J connectivity index is 1.93. The first-order valence-corrected chi connectivity index (χ1v) is 6.56. The first-order valence-electron chi connectivity index (χ1n) is 5.36. The molecule has 1 aromatic heterocycles. The van der Waals surface area contributed by atoms with Gasteiger partial charge in [-0.3, -0.25) is 4.79 Å². The average Bonchev–Trinajstić information content (AvgIpc) is 2.99. The number of likely N-dealkylation sites (N-methyl/N-ethyl adjacent to an activating group) is 1. The number of carbonyl (C=O) groups excluding carboxylic acids is 1. The van der Waals surface area contributed by atoms with Crippen molar-refractivity contribution in [3.63, 3.8) is 0 Å². The highest BCUT2D eigenvalue weighted by Crippen LogP contribution is 2.28. The van der Waals surface area contributed by atoms with E-state index >= 15 is 0 Å². The molecule has 0 unspecified atom stereocenters. The van der Waals surface area contributed by atoms with E-state index in [1.807, 2.05) is 0 Å². The lowest BCUT2D eigenvalue weighted by Crippen LogP contribution is -2.36. The zero-order chi connectivity index (χ0) is 12.4. The van der Waals surface area contributed by atoms with Gasteiger partial charge in [-0.25, -0.2) is 4.98 Å². The molecule has 1 aliphatic carbocycles. The number of halogens is 1. The molecular formula is C10H14ClN3O2S. The van der Waals surface area contributed by atoms with Gasteiger partial charge in [0.05, 0.1) is 18.0 Å². The molecule has 2 N–H and O–H groups in total. The van der Waals surface area contributed by atoms with Gasteiger partial charge in [0.2, 0.25) is 5.91 Å². The number of aliphatic hydroxyl groups excluding tert-OH is 1. The summed E-state index contributed by atoms with van der Waals surface area (Å²) in [5, 5.41) is 12.9. The summed E-state index contributed by atoms with van der Waals surface area (Å²) in [5.41, 5.74) is 0. The molecule has 0 spiro atoms. The summed E-state index contributed by atoms with van der Waals surface area (Å²) >= 11 is 7.13. The number of hydrogen-bond donors (Lipinski definition) is 2. The third kappa shape index (κ3) is 3.31. The number of amides is 1. The molecule has 7 heteroatoms. The third-order valence-electron chi connectivity index (χ3n) is 2.43. The van der Waals surface area contributed by atoms with Crippen LogP contribution >= 0.6 is 22.9 Å². The second-order valence-electron chi connectivity index (χ2n) is 4.07. The summed E-state index contributed by atoms with van der Waals surface area (Å²) in [6, 6.07) is 0.365. The van der Waals surface area contributed by atoms with E-state index in [0.717, 1.165) is 12.8 Å². The summed E-state index contributed by atoms with van der Waals surface area (Å²) in [4.78, 5) is 18.0. The highest BCUT2D eigenvalue weighted by molar-refractivity contribution is 7.16. The fourth-order valence-corrected chi connectivity index (χ4v) is 2.44. The van der Waals surface area contributed by atoms with Crippen molar-refractivity contribution >= 4 is 34.0 Å². The van der Waals surface area contributed by atoms with E-state index in [4.69, 9.17) is 16.7 Å². The zero-order valence-corrected chi connectivity index (χ0v) is 11.0. The lowest BCUT2D eigenvalue weighted by molar-refractivity contribution is -0.119. The monoisotopic (exact) mass is 275 g/mol. The van der Waals surface area contributed by atoms with Gasteiger partial charge in [0.1, 0.15) is 5.15 Å². The van der Waals surface area contributed by atoms with Gasteiger partial charge < -0.3 is 15.3 Å². The summed E-state index contributed by atoms with van der Waals surface area (Å²) in [6.45, 7) is 0.129. The molecule has 2 rings (SSSR count). The minimum atomic E-state index is -0.126. The Morgan fingerprint density at radius 3 is 2.94 bits per heavy atom. The number of nitrogens with zero attached hydrogens (tertiary/aromatic N) is 2. The van der Waals surface area contributed by atoms with E-state index in [1.165, 1.54) is 11.3 Å². The number of thiazole rings is 1. The minimum absolute atomic E-state index is 0.00753. The Hall–Kier alpha value is -0.850. The second kappa shape index (κ2) is 5.20. The van der Waals surface area contributed by atoms with Crippen LogP contribution in [0.3, 0.4) is 0 Å². The van der Waals surface area contributed by atoms with Gasteiger partial charge in [-0.1, -0.05) is 22.9 Å². The predicted molar refractivity (Wildman–Crippen MR) is 67.5 cm³/mol. The van der Waals surface area contributed by atoms with E-state index in [2.05, 4.69) is 10.3 Å². The van der Waals surface area contributed by atoms with Gasteiger partial charge in [-0.05, 0) is 12.8 Å². The predicted octanol–water partition coefficient (Wildman–Crippen LogP) is 1.00. The van der Waals surface area contributed by atoms with Crippen molar-refractivity contribution in [2.75, 3.05) is 18.5 Å². The lowest BCUT2D eigenvalue weighted by atomic mass is 10.5. The fourth-order valence-electron chi connectivity index (χ4n) is 1.37. The van der Waals surface area contributed by atoms with Crippen LogP contribution in [0, 0.1) is 0 Å². The molecule has 94 valence electrons. The Morgan fingerprint density at radius 2 is 2.41 bits per heavy atom. The molecule has 0 atom stereocenters. The number of carbonyl (C=O) groups is 1. The molecule has 1 heterocycles. The maximum Gasteiger partial charge on any atom is 0.239 e.